The van der Waals surface area contributed by atoms with Crippen molar-refractivity contribution in [3.8, 4) is 11.5 Å². The van der Waals surface area contributed by atoms with Crippen LogP contribution in [0.25, 0.3) is 0 Å². The summed E-state index contributed by atoms with van der Waals surface area (Å²) >= 11 is 6.05. The van der Waals surface area contributed by atoms with Crippen LogP contribution in [0.3, 0.4) is 0 Å². The van der Waals surface area contributed by atoms with E-state index in [-0.39, 0.29) is 28.8 Å². The lowest BCUT2D eigenvalue weighted by Gasteiger charge is -2.32. The van der Waals surface area contributed by atoms with Crippen LogP contribution in [-0.2, 0) is 26.2 Å². The summed E-state index contributed by atoms with van der Waals surface area (Å²) in [5, 5.41) is 2.97. The van der Waals surface area contributed by atoms with Crippen LogP contribution in [0.2, 0.25) is 5.02 Å². The van der Waals surface area contributed by atoms with E-state index in [0.717, 1.165) is 15.4 Å². The van der Waals surface area contributed by atoms with E-state index in [2.05, 4.69) is 5.32 Å². The summed E-state index contributed by atoms with van der Waals surface area (Å²) in [4.78, 5) is 27.7. The van der Waals surface area contributed by atoms with Crippen molar-refractivity contribution in [2.45, 2.75) is 31.3 Å². The maximum absolute atomic E-state index is 14.0. The Morgan fingerprint density at radius 2 is 1.64 bits per heavy atom. The van der Waals surface area contributed by atoms with Gasteiger partial charge in [-0.2, -0.15) is 0 Å². The quantitative estimate of drug-likeness (QED) is 0.371. The number of ether oxygens (including phenoxy) is 2. The van der Waals surface area contributed by atoms with Gasteiger partial charge in [0.05, 0.1) is 24.8 Å². The number of aryl methyl sites for hydroxylation is 1. The summed E-state index contributed by atoms with van der Waals surface area (Å²) < 4.78 is 39.4. The van der Waals surface area contributed by atoms with Crippen LogP contribution in [0.4, 0.5) is 5.69 Å². The van der Waals surface area contributed by atoms with Gasteiger partial charge < -0.3 is 19.7 Å². The predicted molar refractivity (Wildman–Crippen MR) is 151 cm³/mol. The van der Waals surface area contributed by atoms with Crippen molar-refractivity contribution in [3.05, 3.63) is 82.9 Å². The van der Waals surface area contributed by atoms with Crippen LogP contribution >= 0.6 is 11.6 Å². The summed E-state index contributed by atoms with van der Waals surface area (Å²) in [5.41, 5.74) is 2.02. The van der Waals surface area contributed by atoms with Gasteiger partial charge in [-0.15, -0.1) is 0 Å². The van der Waals surface area contributed by atoms with Gasteiger partial charge in [0.2, 0.25) is 11.8 Å². The summed E-state index contributed by atoms with van der Waals surface area (Å²) in [6, 6.07) is 17.0. The Balaban J connectivity index is 2.07. The van der Waals surface area contributed by atoms with Crippen molar-refractivity contribution in [1.29, 1.82) is 0 Å². The van der Waals surface area contributed by atoms with Crippen molar-refractivity contribution in [1.82, 2.24) is 10.2 Å². The Morgan fingerprint density at radius 1 is 0.974 bits per heavy atom. The minimum Gasteiger partial charge on any atom is -0.493 e. The first kappa shape index (κ1) is 29.8. The summed E-state index contributed by atoms with van der Waals surface area (Å²) in [5.74, 6) is -0.368. The molecule has 1 atom stereocenters. The maximum Gasteiger partial charge on any atom is 0.264 e. The Labute approximate surface area is 234 Å². The van der Waals surface area contributed by atoms with Gasteiger partial charge in [0.25, 0.3) is 10.0 Å². The normalized spacial score (nSPS) is 11.8. The molecule has 0 radical (unpaired) electrons. The molecule has 9 nitrogen and oxygen atoms in total. The van der Waals surface area contributed by atoms with Gasteiger partial charge >= 0.3 is 0 Å². The van der Waals surface area contributed by atoms with Gasteiger partial charge in [-0.25, -0.2) is 8.42 Å². The number of nitrogens with zero attached hydrogens (tertiary/aromatic N) is 2. The molecule has 0 bridgehead atoms. The molecule has 39 heavy (non-hydrogen) atoms. The molecule has 208 valence electrons. The van der Waals surface area contributed by atoms with Gasteiger partial charge in [-0.1, -0.05) is 41.4 Å². The molecule has 3 aromatic rings. The van der Waals surface area contributed by atoms with Crippen molar-refractivity contribution in [3.63, 3.8) is 0 Å². The molecule has 0 aliphatic carbocycles. The molecule has 2 amide bonds. The van der Waals surface area contributed by atoms with E-state index in [1.165, 1.54) is 68.6 Å². The second-order valence-corrected chi connectivity index (χ2v) is 11.1. The number of carbonyl (C=O) groups excluding carboxylic acids is 2. The van der Waals surface area contributed by atoms with E-state index < -0.39 is 28.5 Å². The first-order chi connectivity index (χ1) is 18.5. The molecule has 1 unspecified atom stereocenters. The number of amides is 2. The summed E-state index contributed by atoms with van der Waals surface area (Å²) in [7, 11) is 0.0507. The number of sulfonamides is 1. The Morgan fingerprint density at radius 3 is 2.23 bits per heavy atom. The van der Waals surface area contributed by atoms with Gasteiger partial charge in [0.15, 0.2) is 11.5 Å². The highest BCUT2D eigenvalue weighted by Gasteiger charge is 2.32. The number of hydrogen-bond donors (Lipinski definition) is 1. The minimum absolute atomic E-state index is 0.104. The fourth-order valence-electron chi connectivity index (χ4n) is 4.04. The highest BCUT2D eigenvalue weighted by Crippen LogP contribution is 2.32. The first-order valence-corrected chi connectivity index (χ1v) is 13.9. The highest BCUT2D eigenvalue weighted by molar-refractivity contribution is 7.92. The van der Waals surface area contributed by atoms with E-state index in [0.29, 0.717) is 10.8 Å². The van der Waals surface area contributed by atoms with E-state index >= 15 is 0 Å². The lowest BCUT2D eigenvalue weighted by molar-refractivity contribution is -0.139. The predicted octanol–water partition coefficient (Wildman–Crippen LogP) is 4.02. The molecular formula is C28H32ClN3O6S. The average Bonchev–Trinajstić information content (AvgIpc) is 2.93. The fourth-order valence-corrected chi connectivity index (χ4v) is 5.60. The average molecular weight is 574 g/mol. The van der Waals surface area contributed by atoms with Gasteiger partial charge in [-0.3, -0.25) is 13.9 Å². The molecule has 0 saturated carbocycles. The van der Waals surface area contributed by atoms with Crippen molar-refractivity contribution >= 4 is 39.1 Å². The van der Waals surface area contributed by atoms with Gasteiger partial charge in [-0.05, 0) is 55.8 Å². The van der Waals surface area contributed by atoms with Crippen molar-refractivity contribution in [2.24, 2.45) is 0 Å². The van der Waals surface area contributed by atoms with E-state index in [9.17, 15) is 18.0 Å². The number of hydrogen-bond acceptors (Lipinski definition) is 6. The zero-order valence-corrected chi connectivity index (χ0v) is 24.0. The Bertz CT molecular complexity index is 1430. The van der Waals surface area contributed by atoms with Crippen LogP contribution in [0, 0.1) is 6.92 Å². The third kappa shape index (κ3) is 7.01. The Hall–Kier alpha value is -3.76. The smallest absolute Gasteiger partial charge is 0.264 e. The number of likely N-dealkylation sites (N-methyl/N-ethyl adjacent to an activating group) is 1. The minimum atomic E-state index is -4.28. The van der Waals surface area contributed by atoms with Crippen molar-refractivity contribution < 1.29 is 27.5 Å². The molecule has 1 N–H and O–H groups in total. The lowest BCUT2D eigenvalue weighted by atomic mass is 10.1. The molecule has 0 saturated heterocycles. The van der Waals surface area contributed by atoms with E-state index in [1.54, 1.807) is 6.92 Å². The molecular weight excluding hydrogens is 542 g/mol. The first-order valence-electron chi connectivity index (χ1n) is 12.1. The van der Waals surface area contributed by atoms with Crippen LogP contribution in [0.5, 0.6) is 11.5 Å². The Kier molecular flexibility index (Phi) is 9.82. The molecule has 3 rings (SSSR count). The van der Waals surface area contributed by atoms with Crippen LogP contribution in [0.15, 0.2) is 71.6 Å². The number of rotatable bonds is 11. The number of methoxy groups -OCH3 is 2. The second-order valence-electron chi connectivity index (χ2n) is 8.81. The molecule has 11 heteroatoms. The van der Waals surface area contributed by atoms with Crippen LogP contribution < -0.4 is 19.1 Å². The van der Waals surface area contributed by atoms with Crippen LogP contribution in [0.1, 0.15) is 18.1 Å². The molecule has 0 spiro atoms. The van der Waals surface area contributed by atoms with E-state index in [4.69, 9.17) is 21.1 Å². The topological polar surface area (TPSA) is 105 Å². The second kappa shape index (κ2) is 12.9. The zero-order valence-electron chi connectivity index (χ0n) is 22.5. The monoisotopic (exact) mass is 573 g/mol. The third-order valence-electron chi connectivity index (χ3n) is 6.19. The fraction of sp³-hybridized carbons (Fsp3) is 0.286. The lowest BCUT2D eigenvalue weighted by Crippen LogP contribution is -2.50. The standard InChI is InChI=1S/C28H32ClN3O6S/c1-19-7-6-8-21(15-19)17-31(20(2)28(34)30-3)27(33)18-32(23-11-9-22(29)10-12-23)39(35,36)24-13-14-25(37-4)26(16-24)38-5/h6-16,20H,17-18H2,1-5H3,(H,30,34). The summed E-state index contributed by atoms with van der Waals surface area (Å²) in [6.07, 6.45) is 0. The molecule has 0 fully saturated rings. The maximum atomic E-state index is 14.0. The summed E-state index contributed by atoms with van der Waals surface area (Å²) in [6.45, 7) is 3.07. The van der Waals surface area contributed by atoms with Gasteiger partial charge in [0.1, 0.15) is 12.6 Å². The largest absolute Gasteiger partial charge is 0.493 e. The number of anilines is 1. The number of nitrogens with one attached hydrogen (secondary N) is 1. The van der Waals surface area contributed by atoms with Crippen LogP contribution in [-0.4, -0.2) is 59.0 Å². The van der Waals surface area contributed by atoms with E-state index in [1.807, 2.05) is 31.2 Å². The highest BCUT2D eigenvalue weighted by atomic mass is 35.5. The number of carbonyl (C=O) groups is 2. The SMILES string of the molecule is CNC(=O)C(C)N(Cc1cccc(C)c1)C(=O)CN(c1ccc(Cl)cc1)S(=O)(=O)c1ccc(OC)c(OC)c1. The molecule has 0 aliphatic rings. The molecule has 0 aromatic heterocycles. The molecule has 0 heterocycles. The van der Waals surface area contributed by atoms with Crippen molar-refractivity contribution in [2.75, 3.05) is 32.1 Å². The number of halogens is 1. The number of benzene rings is 3. The molecule has 3 aromatic carbocycles. The molecule has 0 aliphatic heterocycles. The third-order valence-corrected chi connectivity index (χ3v) is 8.21. The zero-order chi connectivity index (χ0) is 28.7. The van der Waals surface area contributed by atoms with Gasteiger partial charge in [0, 0.05) is 24.7 Å².